The van der Waals surface area contributed by atoms with Crippen LogP contribution in [0.2, 0.25) is 0 Å². The van der Waals surface area contributed by atoms with Gasteiger partial charge in [-0.3, -0.25) is 4.90 Å². The zero-order valence-electron chi connectivity index (χ0n) is 9.29. The number of aliphatic carboxylic acids is 1. The number of carbonyl (C=O) groups excluding carboxylic acids is 2. The summed E-state index contributed by atoms with van der Waals surface area (Å²) in [4.78, 5) is 22.9. The summed E-state index contributed by atoms with van der Waals surface area (Å²) in [5.74, 6) is -2.04. The summed E-state index contributed by atoms with van der Waals surface area (Å²) in [7, 11) is 0. The Hall–Kier alpha value is -2.24. The quantitative estimate of drug-likeness (QED) is 0.747. The van der Waals surface area contributed by atoms with E-state index < -0.39 is 17.9 Å². The molecule has 0 aliphatic heterocycles. The van der Waals surface area contributed by atoms with E-state index in [0.717, 1.165) is 4.90 Å². The van der Waals surface area contributed by atoms with E-state index >= 15 is 0 Å². The average molecular weight is 237 g/mol. The second-order valence-electron chi connectivity index (χ2n) is 3.69. The Kier molecular flexibility index (Phi) is 3.92. The van der Waals surface area contributed by atoms with Gasteiger partial charge < -0.3 is 20.7 Å². The molecule has 0 fully saturated rings. The molecule has 6 nitrogen and oxygen atoms in total. The molecular formula is C11H13N2O4-. The number of nitrogens with two attached hydrogens (primary N) is 1. The molecular weight excluding hydrogens is 224 g/mol. The van der Waals surface area contributed by atoms with Crippen LogP contribution in [-0.4, -0.2) is 23.7 Å². The Balaban J connectivity index is 2.90. The largest absolute Gasteiger partial charge is 0.550 e. The molecule has 0 spiro atoms. The molecule has 6 heteroatoms. The Bertz CT molecular complexity index is 416. The summed E-state index contributed by atoms with van der Waals surface area (Å²) < 4.78 is 0. The van der Waals surface area contributed by atoms with Crippen LogP contribution in [0, 0.1) is 5.92 Å². The summed E-state index contributed by atoms with van der Waals surface area (Å²) in [6, 6.07) is 4.96. The zero-order chi connectivity index (χ0) is 13.0. The normalized spacial score (nSPS) is 11.8. The molecule has 0 saturated heterocycles. The van der Waals surface area contributed by atoms with Crippen LogP contribution in [0.25, 0.3) is 0 Å². The number of hydrogen-bond donors (Lipinski definition) is 2. The van der Waals surface area contributed by atoms with Crippen molar-refractivity contribution in [2.24, 2.45) is 11.7 Å². The molecule has 1 aromatic rings. The first-order valence-electron chi connectivity index (χ1n) is 4.98. The number of hydrogen-bond acceptors (Lipinski definition) is 4. The highest BCUT2D eigenvalue weighted by atomic mass is 16.4. The number of rotatable bonds is 4. The van der Waals surface area contributed by atoms with Crippen molar-refractivity contribution in [3.63, 3.8) is 0 Å². The van der Waals surface area contributed by atoms with Crippen LogP contribution in [0.3, 0.4) is 0 Å². The fraction of sp³-hybridized carbons (Fsp3) is 0.273. The first-order valence-corrected chi connectivity index (χ1v) is 4.98. The van der Waals surface area contributed by atoms with Crippen molar-refractivity contribution < 1.29 is 19.8 Å². The van der Waals surface area contributed by atoms with E-state index in [-0.39, 0.29) is 12.3 Å². The highest BCUT2D eigenvalue weighted by molar-refractivity contribution is 5.91. The minimum atomic E-state index is -1.25. The number of phenols is 1. The van der Waals surface area contributed by atoms with Crippen molar-refractivity contribution in [1.82, 2.24) is 0 Å². The lowest BCUT2D eigenvalue weighted by Crippen LogP contribution is -2.43. The lowest BCUT2D eigenvalue weighted by Gasteiger charge is -2.24. The molecule has 0 unspecified atom stereocenters. The van der Waals surface area contributed by atoms with Gasteiger partial charge in [0.25, 0.3) is 0 Å². The number of benzene rings is 1. The van der Waals surface area contributed by atoms with Crippen molar-refractivity contribution in [3.05, 3.63) is 24.3 Å². The van der Waals surface area contributed by atoms with Gasteiger partial charge in [0, 0.05) is 24.1 Å². The van der Waals surface area contributed by atoms with Crippen molar-refractivity contribution in [3.8, 4) is 5.75 Å². The molecule has 0 bridgehead atoms. The van der Waals surface area contributed by atoms with Gasteiger partial charge in [0.05, 0.1) is 0 Å². The van der Waals surface area contributed by atoms with Gasteiger partial charge in [0.15, 0.2) is 0 Å². The summed E-state index contributed by atoms with van der Waals surface area (Å²) in [6.07, 6.45) is 0. The molecule has 2 amide bonds. The zero-order valence-corrected chi connectivity index (χ0v) is 9.29. The number of amides is 2. The van der Waals surface area contributed by atoms with E-state index in [9.17, 15) is 14.7 Å². The molecule has 92 valence electrons. The molecule has 0 aromatic heterocycles. The van der Waals surface area contributed by atoms with E-state index in [0.29, 0.717) is 5.69 Å². The molecule has 1 atom stereocenters. The Labute approximate surface area is 98.3 Å². The van der Waals surface area contributed by atoms with Crippen LogP contribution in [0.4, 0.5) is 10.5 Å². The lowest BCUT2D eigenvalue weighted by atomic mass is 10.1. The lowest BCUT2D eigenvalue weighted by molar-refractivity contribution is -0.310. The Morgan fingerprint density at radius 2 is 1.94 bits per heavy atom. The second kappa shape index (κ2) is 5.20. The first-order chi connectivity index (χ1) is 7.91. The standard InChI is InChI=1S/C11H14N2O4/c1-7(10(15)16)6-13(11(12)17)8-2-4-9(14)5-3-8/h2-5,7,14H,6H2,1H3,(H2,12,17)(H,15,16)/p-1/t7-/m0/s1. The predicted molar refractivity (Wildman–Crippen MR) is 59.2 cm³/mol. The van der Waals surface area contributed by atoms with E-state index in [1.807, 2.05) is 0 Å². The van der Waals surface area contributed by atoms with Gasteiger partial charge in [-0.2, -0.15) is 0 Å². The van der Waals surface area contributed by atoms with E-state index in [4.69, 9.17) is 10.8 Å². The number of carboxylic acid groups (broad SMARTS) is 1. The highest BCUT2D eigenvalue weighted by Crippen LogP contribution is 2.19. The van der Waals surface area contributed by atoms with Gasteiger partial charge in [0.2, 0.25) is 0 Å². The van der Waals surface area contributed by atoms with Crippen LogP contribution in [0.5, 0.6) is 5.75 Å². The fourth-order valence-corrected chi connectivity index (χ4v) is 1.30. The highest BCUT2D eigenvalue weighted by Gasteiger charge is 2.16. The van der Waals surface area contributed by atoms with Crippen LogP contribution < -0.4 is 15.7 Å². The van der Waals surface area contributed by atoms with Gasteiger partial charge >= 0.3 is 6.03 Å². The monoisotopic (exact) mass is 237 g/mol. The summed E-state index contributed by atoms with van der Waals surface area (Å²) in [5.41, 5.74) is 5.59. The predicted octanol–water partition coefficient (Wildman–Crippen LogP) is -0.337. The molecule has 17 heavy (non-hydrogen) atoms. The van der Waals surface area contributed by atoms with Crippen LogP contribution in [-0.2, 0) is 4.79 Å². The third-order valence-electron chi connectivity index (χ3n) is 2.29. The van der Waals surface area contributed by atoms with Crippen molar-refractivity contribution in [2.45, 2.75) is 6.92 Å². The van der Waals surface area contributed by atoms with Crippen LogP contribution >= 0.6 is 0 Å². The first kappa shape index (κ1) is 12.8. The molecule has 0 aliphatic rings. The van der Waals surface area contributed by atoms with Gasteiger partial charge in [0.1, 0.15) is 5.75 Å². The number of aromatic hydroxyl groups is 1. The maximum Gasteiger partial charge on any atom is 0.319 e. The fourth-order valence-electron chi connectivity index (χ4n) is 1.30. The molecule has 0 radical (unpaired) electrons. The van der Waals surface area contributed by atoms with Crippen molar-refractivity contribution in [2.75, 3.05) is 11.4 Å². The van der Waals surface area contributed by atoms with E-state index in [1.165, 1.54) is 31.2 Å². The number of phenolic OH excluding ortho intramolecular Hbond substituents is 1. The second-order valence-corrected chi connectivity index (χ2v) is 3.69. The summed E-state index contributed by atoms with van der Waals surface area (Å²) in [6.45, 7) is 1.34. The topological polar surface area (TPSA) is 107 Å². The number of carboxylic acids is 1. The molecule has 1 aromatic carbocycles. The maximum atomic E-state index is 11.2. The van der Waals surface area contributed by atoms with Gasteiger partial charge in [-0.1, -0.05) is 6.92 Å². The SMILES string of the molecule is C[C@@H](CN(C(N)=O)c1ccc(O)cc1)C(=O)[O-]. The third kappa shape index (κ3) is 3.37. The minimum Gasteiger partial charge on any atom is -0.550 e. The Morgan fingerprint density at radius 1 is 1.41 bits per heavy atom. The number of nitrogens with zero attached hydrogens (tertiary/aromatic N) is 1. The molecule has 0 heterocycles. The molecule has 3 N–H and O–H groups in total. The average Bonchev–Trinajstić information content (AvgIpc) is 2.26. The van der Waals surface area contributed by atoms with Gasteiger partial charge in [-0.05, 0) is 24.3 Å². The van der Waals surface area contributed by atoms with Crippen molar-refractivity contribution >= 4 is 17.7 Å². The van der Waals surface area contributed by atoms with Gasteiger partial charge in [-0.25, -0.2) is 4.79 Å². The van der Waals surface area contributed by atoms with Crippen molar-refractivity contribution in [1.29, 1.82) is 0 Å². The number of carbonyl (C=O) groups is 2. The molecule has 0 saturated carbocycles. The number of anilines is 1. The molecule has 1 rings (SSSR count). The maximum absolute atomic E-state index is 11.2. The van der Waals surface area contributed by atoms with Crippen LogP contribution in [0.15, 0.2) is 24.3 Å². The van der Waals surface area contributed by atoms with Crippen LogP contribution in [0.1, 0.15) is 6.92 Å². The summed E-state index contributed by atoms with van der Waals surface area (Å²) in [5, 5.41) is 19.7. The van der Waals surface area contributed by atoms with Gasteiger partial charge in [-0.15, -0.1) is 0 Å². The van der Waals surface area contributed by atoms with E-state index in [1.54, 1.807) is 0 Å². The third-order valence-corrected chi connectivity index (χ3v) is 2.29. The van der Waals surface area contributed by atoms with E-state index in [2.05, 4.69) is 0 Å². The molecule has 0 aliphatic carbocycles. The smallest absolute Gasteiger partial charge is 0.319 e. The Morgan fingerprint density at radius 3 is 2.35 bits per heavy atom. The number of urea groups is 1. The summed E-state index contributed by atoms with van der Waals surface area (Å²) >= 11 is 0. The minimum absolute atomic E-state index is 0.0473. The number of primary amides is 1.